The molecule has 0 saturated carbocycles. The topological polar surface area (TPSA) is 76.8 Å². The van der Waals surface area contributed by atoms with Crippen LogP contribution in [-0.4, -0.2) is 50.4 Å². The number of methoxy groups -OCH3 is 1. The number of sulfone groups is 1. The quantitative estimate of drug-likeness (QED) is 0.739. The van der Waals surface area contributed by atoms with E-state index in [0.717, 1.165) is 23.8 Å². The van der Waals surface area contributed by atoms with Gasteiger partial charge in [0.25, 0.3) is 0 Å². The van der Waals surface area contributed by atoms with Crippen molar-refractivity contribution in [3.05, 3.63) is 30.0 Å². The predicted molar refractivity (Wildman–Crippen MR) is 100 cm³/mol. The van der Waals surface area contributed by atoms with Crippen LogP contribution < -0.4 is 4.74 Å². The van der Waals surface area contributed by atoms with Gasteiger partial charge in [-0.25, -0.2) is 8.42 Å². The number of carbonyl (C=O) groups excluding carboxylic acids is 1. The van der Waals surface area contributed by atoms with Gasteiger partial charge in [-0.3, -0.25) is 4.79 Å². The van der Waals surface area contributed by atoms with Crippen LogP contribution in [-0.2, 0) is 21.1 Å². The Morgan fingerprint density at radius 1 is 1.38 bits per heavy atom. The molecule has 1 atom stereocenters. The molecule has 1 fully saturated rings. The highest BCUT2D eigenvalue weighted by molar-refractivity contribution is 7.91. The molecule has 1 aromatic carbocycles. The van der Waals surface area contributed by atoms with Gasteiger partial charge >= 0.3 is 0 Å². The van der Waals surface area contributed by atoms with Gasteiger partial charge in [0.05, 0.1) is 31.3 Å². The number of furan rings is 1. The van der Waals surface area contributed by atoms with Crippen LogP contribution in [0, 0.1) is 0 Å². The van der Waals surface area contributed by atoms with Crippen molar-refractivity contribution in [3.63, 3.8) is 0 Å². The minimum atomic E-state index is -3.03. The van der Waals surface area contributed by atoms with E-state index in [1.54, 1.807) is 24.3 Å². The van der Waals surface area contributed by atoms with Crippen LogP contribution in [0.15, 0.2) is 28.9 Å². The molecule has 3 rings (SSSR count). The third kappa shape index (κ3) is 4.03. The number of hydrogen-bond donors (Lipinski definition) is 0. The van der Waals surface area contributed by atoms with Crippen LogP contribution in [0.25, 0.3) is 11.0 Å². The molecular formula is C19H25NO5S. The normalized spacial score (nSPS) is 18.9. The lowest BCUT2D eigenvalue weighted by Gasteiger charge is -2.28. The summed E-state index contributed by atoms with van der Waals surface area (Å²) in [6.07, 6.45) is 4.16. The lowest BCUT2D eigenvalue weighted by molar-refractivity contribution is -0.132. The maximum Gasteiger partial charge on any atom is 0.227 e. The molecule has 1 saturated heterocycles. The SMILES string of the molecule is CCCCN(C(=O)Cc1coc2cc(OC)ccc12)C1CCS(=O)(=O)C1. The fraction of sp³-hybridized carbons (Fsp3) is 0.526. The van der Waals surface area contributed by atoms with Crippen molar-refractivity contribution in [3.8, 4) is 5.75 Å². The second-order valence-electron chi connectivity index (χ2n) is 6.80. The van der Waals surface area contributed by atoms with Gasteiger partial charge in [-0.2, -0.15) is 0 Å². The van der Waals surface area contributed by atoms with E-state index in [9.17, 15) is 13.2 Å². The van der Waals surface area contributed by atoms with Crippen LogP contribution in [0.4, 0.5) is 0 Å². The first-order valence-electron chi connectivity index (χ1n) is 8.97. The Morgan fingerprint density at radius 3 is 2.85 bits per heavy atom. The van der Waals surface area contributed by atoms with Crippen LogP contribution >= 0.6 is 0 Å². The number of benzene rings is 1. The molecule has 7 heteroatoms. The van der Waals surface area contributed by atoms with E-state index in [2.05, 4.69) is 6.92 Å². The Kier molecular flexibility index (Phi) is 5.55. The molecule has 0 aliphatic carbocycles. The summed E-state index contributed by atoms with van der Waals surface area (Å²) in [5.74, 6) is 0.901. The van der Waals surface area contributed by atoms with Gasteiger partial charge in [0.2, 0.25) is 5.91 Å². The van der Waals surface area contributed by atoms with Crippen LogP contribution in [0.5, 0.6) is 5.75 Å². The molecule has 0 bridgehead atoms. The highest BCUT2D eigenvalue weighted by atomic mass is 32.2. The highest BCUT2D eigenvalue weighted by Gasteiger charge is 2.34. The summed E-state index contributed by atoms with van der Waals surface area (Å²) >= 11 is 0. The summed E-state index contributed by atoms with van der Waals surface area (Å²) in [6.45, 7) is 2.66. The van der Waals surface area contributed by atoms with Crippen LogP contribution in [0.1, 0.15) is 31.7 Å². The lowest BCUT2D eigenvalue weighted by atomic mass is 10.1. The van der Waals surface area contributed by atoms with E-state index in [0.29, 0.717) is 24.3 Å². The van der Waals surface area contributed by atoms with Gasteiger partial charge in [0.15, 0.2) is 9.84 Å². The van der Waals surface area contributed by atoms with Crippen molar-refractivity contribution in [2.75, 3.05) is 25.2 Å². The van der Waals surface area contributed by atoms with Crippen molar-refractivity contribution in [1.82, 2.24) is 4.90 Å². The molecule has 1 aliphatic rings. The predicted octanol–water partition coefficient (Wildman–Crippen LogP) is 2.80. The van der Waals surface area contributed by atoms with Gasteiger partial charge < -0.3 is 14.1 Å². The third-order valence-corrected chi connectivity index (χ3v) is 6.68. The summed E-state index contributed by atoms with van der Waals surface area (Å²) in [7, 11) is -1.44. The van der Waals surface area contributed by atoms with Crippen molar-refractivity contribution in [2.45, 2.75) is 38.6 Å². The van der Waals surface area contributed by atoms with Crippen molar-refractivity contribution >= 4 is 26.7 Å². The summed E-state index contributed by atoms with van der Waals surface area (Å²) in [5, 5.41) is 0.883. The standard InChI is InChI=1S/C19H25NO5S/c1-3-4-8-20(15-7-9-26(22,23)13-15)19(21)10-14-12-25-18-11-16(24-2)5-6-17(14)18/h5-6,11-12,15H,3-4,7-10,13H2,1-2H3. The summed E-state index contributed by atoms with van der Waals surface area (Å²) < 4.78 is 34.4. The average molecular weight is 379 g/mol. The fourth-order valence-corrected chi connectivity index (χ4v) is 5.18. The number of carbonyl (C=O) groups is 1. The first-order valence-corrected chi connectivity index (χ1v) is 10.8. The number of ether oxygens (including phenoxy) is 1. The first kappa shape index (κ1) is 18.8. The number of hydrogen-bond acceptors (Lipinski definition) is 5. The van der Waals surface area contributed by atoms with Crippen LogP contribution in [0.2, 0.25) is 0 Å². The second-order valence-corrected chi connectivity index (χ2v) is 9.03. The third-order valence-electron chi connectivity index (χ3n) is 4.93. The Labute approximate surface area is 154 Å². The number of unbranched alkanes of at least 4 members (excludes halogenated alkanes) is 1. The highest BCUT2D eigenvalue weighted by Crippen LogP contribution is 2.27. The lowest BCUT2D eigenvalue weighted by Crippen LogP contribution is -2.42. The monoisotopic (exact) mass is 379 g/mol. The number of amides is 1. The van der Waals surface area contributed by atoms with Gasteiger partial charge in [-0.05, 0) is 25.0 Å². The zero-order valence-electron chi connectivity index (χ0n) is 15.2. The molecule has 26 heavy (non-hydrogen) atoms. The number of rotatable bonds is 7. The summed E-state index contributed by atoms with van der Waals surface area (Å²) in [5.41, 5.74) is 1.49. The van der Waals surface area contributed by atoms with E-state index in [-0.39, 0.29) is 29.9 Å². The van der Waals surface area contributed by atoms with Crippen molar-refractivity contribution < 1.29 is 22.4 Å². The average Bonchev–Trinajstić information content (AvgIpc) is 3.18. The van der Waals surface area contributed by atoms with Crippen LogP contribution in [0.3, 0.4) is 0 Å². The molecule has 1 unspecified atom stereocenters. The maximum atomic E-state index is 12.9. The zero-order chi connectivity index (χ0) is 18.7. The summed E-state index contributed by atoms with van der Waals surface area (Å²) in [6, 6.07) is 5.31. The van der Waals surface area contributed by atoms with Crippen molar-refractivity contribution in [1.29, 1.82) is 0 Å². The zero-order valence-corrected chi connectivity index (χ0v) is 16.0. The Bertz CT molecular complexity index is 886. The molecule has 6 nitrogen and oxygen atoms in total. The van der Waals surface area contributed by atoms with E-state index in [1.165, 1.54) is 0 Å². The molecule has 1 aromatic heterocycles. The molecular weight excluding hydrogens is 354 g/mol. The van der Waals surface area contributed by atoms with Gasteiger partial charge in [0, 0.05) is 29.6 Å². The summed E-state index contributed by atoms with van der Waals surface area (Å²) in [4.78, 5) is 14.7. The Morgan fingerprint density at radius 2 is 2.19 bits per heavy atom. The smallest absolute Gasteiger partial charge is 0.227 e. The Hall–Kier alpha value is -2.02. The molecule has 0 radical (unpaired) electrons. The molecule has 1 amide bonds. The minimum absolute atomic E-state index is 0.0425. The fourth-order valence-electron chi connectivity index (χ4n) is 3.45. The molecule has 2 heterocycles. The minimum Gasteiger partial charge on any atom is -0.497 e. The largest absolute Gasteiger partial charge is 0.497 e. The molecule has 0 N–H and O–H groups in total. The molecule has 2 aromatic rings. The van der Waals surface area contributed by atoms with Gasteiger partial charge in [-0.1, -0.05) is 13.3 Å². The maximum absolute atomic E-state index is 12.9. The van der Waals surface area contributed by atoms with E-state index < -0.39 is 9.84 Å². The van der Waals surface area contributed by atoms with E-state index >= 15 is 0 Å². The molecule has 1 aliphatic heterocycles. The molecule has 142 valence electrons. The van der Waals surface area contributed by atoms with Crippen molar-refractivity contribution in [2.24, 2.45) is 0 Å². The number of fused-ring (bicyclic) bond motifs is 1. The van der Waals surface area contributed by atoms with Gasteiger partial charge in [0.1, 0.15) is 11.3 Å². The van der Waals surface area contributed by atoms with E-state index in [1.807, 2.05) is 12.1 Å². The molecule has 0 spiro atoms. The second kappa shape index (κ2) is 7.70. The number of nitrogens with zero attached hydrogens (tertiary/aromatic N) is 1. The van der Waals surface area contributed by atoms with E-state index in [4.69, 9.17) is 9.15 Å². The Balaban J connectivity index is 1.79. The first-order chi connectivity index (χ1) is 12.4. The van der Waals surface area contributed by atoms with Gasteiger partial charge in [-0.15, -0.1) is 0 Å².